The Kier molecular flexibility index (Phi) is 8.20. The van der Waals surface area contributed by atoms with Gasteiger partial charge in [0.05, 0.1) is 11.4 Å². The molecule has 0 aliphatic heterocycles. The van der Waals surface area contributed by atoms with E-state index < -0.39 is 0 Å². The van der Waals surface area contributed by atoms with Gasteiger partial charge in [0.25, 0.3) is 0 Å². The Morgan fingerprint density at radius 1 is 0.322 bits per heavy atom. The molecule has 2 nitrogen and oxygen atoms in total. The largest absolute Gasteiger partial charge is 0.228 e. The molecule has 0 atom stereocenters. The zero-order valence-corrected chi connectivity index (χ0v) is 33.0. The Bertz CT molecular complexity index is 3230. The number of nitrogens with zero attached hydrogens (tertiary/aromatic N) is 2. The van der Waals surface area contributed by atoms with Gasteiger partial charge in [0, 0.05) is 22.1 Å². The van der Waals surface area contributed by atoms with E-state index in [9.17, 15) is 0 Å². The summed E-state index contributed by atoms with van der Waals surface area (Å²) in [6, 6.07) is 74.3. The van der Waals surface area contributed by atoms with Gasteiger partial charge in [-0.25, -0.2) is 9.97 Å². The fourth-order valence-electron chi connectivity index (χ4n) is 9.35. The summed E-state index contributed by atoms with van der Waals surface area (Å²) in [6.45, 7) is 4.73. The summed E-state index contributed by atoms with van der Waals surface area (Å²) in [5.41, 5.74) is 17.5. The predicted octanol–water partition coefficient (Wildman–Crippen LogP) is 15.1. The standard InChI is InChI=1S/C57H40N2/c1-57(2)50-29-15-28-46(55(50)54-45-25-10-9-18-38(45)30-33-51(54)57)42-23-14-22-41(35-42)44-31-32-49(48-27-12-11-26-47(44)48)56-58-52(39-19-7-4-8-20-39)36-53(59-56)43-24-13-21-40(34-43)37-16-5-3-6-17-37/h3-36H,1-2H3. The smallest absolute Gasteiger partial charge is 0.161 e. The van der Waals surface area contributed by atoms with Crippen molar-refractivity contribution in [1.82, 2.24) is 9.97 Å². The minimum absolute atomic E-state index is 0.0984. The van der Waals surface area contributed by atoms with Crippen molar-refractivity contribution in [2.45, 2.75) is 19.3 Å². The number of fused-ring (bicyclic) bond motifs is 6. The number of hydrogen-bond acceptors (Lipinski definition) is 2. The van der Waals surface area contributed by atoms with E-state index in [4.69, 9.17) is 9.97 Å². The zero-order chi connectivity index (χ0) is 39.5. The van der Waals surface area contributed by atoms with Gasteiger partial charge in [-0.3, -0.25) is 0 Å². The van der Waals surface area contributed by atoms with Gasteiger partial charge in [-0.15, -0.1) is 0 Å². The summed E-state index contributed by atoms with van der Waals surface area (Å²) in [6.07, 6.45) is 0. The first kappa shape index (κ1) is 34.8. The molecule has 0 saturated carbocycles. The lowest BCUT2D eigenvalue weighted by molar-refractivity contribution is 0.661. The van der Waals surface area contributed by atoms with E-state index >= 15 is 0 Å². The van der Waals surface area contributed by atoms with Crippen LogP contribution in [0.3, 0.4) is 0 Å². The average molecular weight is 753 g/mol. The molecule has 1 heterocycles. The third-order valence-electron chi connectivity index (χ3n) is 12.3. The van der Waals surface area contributed by atoms with Gasteiger partial charge >= 0.3 is 0 Å². The molecule has 11 rings (SSSR count). The van der Waals surface area contributed by atoms with Crippen LogP contribution in [0.2, 0.25) is 0 Å². The maximum absolute atomic E-state index is 5.31. The van der Waals surface area contributed by atoms with E-state index in [0.29, 0.717) is 5.82 Å². The van der Waals surface area contributed by atoms with E-state index in [1.807, 2.05) is 6.07 Å². The summed E-state index contributed by atoms with van der Waals surface area (Å²) in [5.74, 6) is 0.705. The van der Waals surface area contributed by atoms with Gasteiger partial charge in [-0.2, -0.15) is 0 Å². The third kappa shape index (κ3) is 5.87. The molecule has 1 aromatic heterocycles. The van der Waals surface area contributed by atoms with Crippen LogP contribution in [-0.2, 0) is 5.41 Å². The second-order valence-corrected chi connectivity index (χ2v) is 16.1. The second kappa shape index (κ2) is 13.9. The van der Waals surface area contributed by atoms with Gasteiger partial charge < -0.3 is 0 Å². The van der Waals surface area contributed by atoms with Crippen LogP contribution in [0.5, 0.6) is 0 Å². The molecule has 0 amide bonds. The quantitative estimate of drug-likeness (QED) is 0.169. The van der Waals surface area contributed by atoms with E-state index in [1.54, 1.807) is 0 Å². The zero-order valence-electron chi connectivity index (χ0n) is 33.0. The Hall–Kier alpha value is -7.42. The van der Waals surface area contributed by atoms with Gasteiger partial charge in [-0.05, 0) is 101 Å². The fraction of sp³-hybridized carbons (Fsp3) is 0.0526. The molecule has 278 valence electrons. The van der Waals surface area contributed by atoms with Crippen LogP contribution in [-0.4, -0.2) is 9.97 Å². The molecule has 0 spiro atoms. The van der Waals surface area contributed by atoms with Crippen molar-refractivity contribution in [1.29, 1.82) is 0 Å². The first-order valence-electron chi connectivity index (χ1n) is 20.4. The maximum Gasteiger partial charge on any atom is 0.161 e. The normalized spacial score (nSPS) is 12.7. The lowest BCUT2D eigenvalue weighted by Crippen LogP contribution is -2.14. The van der Waals surface area contributed by atoms with Crippen LogP contribution in [0.4, 0.5) is 0 Å². The Morgan fingerprint density at radius 2 is 0.847 bits per heavy atom. The SMILES string of the molecule is CC1(C)c2cccc(-c3cccc(-c4ccc(-c5nc(-c6ccccc6)cc(-c6cccc(-c7ccccc7)c6)n5)c5ccccc45)c3)c2-c2c1ccc1ccccc21. The number of rotatable bonds is 6. The summed E-state index contributed by atoms with van der Waals surface area (Å²) < 4.78 is 0. The summed E-state index contributed by atoms with van der Waals surface area (Å²) in [7, 11) is 0. The van der Waals surface area contributed by atoms with E-state index in [1.165, 1.54) is 66.2 Å². The number of hydrogen-bond donors (Lipinski definition) is 0. The highest BCUT2D eigenvalue weighted by Crippen LogP contribution is 2.54. The average Bonchev–Trinajstić information content (AvgIpc) is 3.55. The van der Waals surface area contributed by atoms with Crippen LogP contribution < -0.4 is 0 Å². The highest BCUT2D eigenvalue weighted by atomic mass is 14.9. The van der Waals surface area contributed by atoms with Crippen LogP contribution in [0.25, 0.3) is 100.0 Å². The molecule has 0 bridgehead atoms. The summed E-state index contributed by atoms with van der Waals surface area (Å²) in [4.78, 5) is 10.6. The fourth-order valence-corrected chi connectivity index (χ4v) is 9.35. The van der Waals surface area contributed by atoms with Crippen molar-refractivity contribution >= 4 is 21.5 Å². The van der Waals surface area contributed by atoms with Crippen molar-refractivity contribution in [2.75, 3.05) is 0 Å². The molecule has 2 heteroatoms. The molecule has 0 N–H and O–H groups in total. The number of benzene rings is 9. The summed E-state index contributed by atoms with van der Waals surface area (Å²) >= 11 is 0. The van der Waals surface area contributed by atoms with E-state index in [-0.39, 0.29) is 5.41 Å². The molecule has 9 aromatic carbocycles. The molecule has 1 aliphatic carbocycles. The van der Waals surface area contributed by atoms with Gasteiger partial charge in [0.2, 0.25) is 0 Å². The predicted molar refractivity (Wildman–Crippen MR) is 247 cm³/mol. The van der Waals surface area contributed by atoms with Crippen molar-refractivity contribution < 1.29 is 0 Å². The van der Waals surface area contributed by atoms with Crippen LogP contribution in [0, 0.1) is 0 Å². The van der Waals surface area contributed by atoms with E-state index in [0.717, 1.165) is 39.0 Å². The molecule has 0 saturated heterocycles. The first-order valence-corrected chi connectivity index (χ1v) is 20.4. The lowest BCUT2D eigenvalue weighted by Gasteiger charge is -2.21. The van der Waals surface area contributed by atoms with Gasteiger partial charge in [0.15, 0.2) is 5.82 Å². The molecule has 59 heavy (non-hydrogen) atoms. The molecule has 0 unspecified atom stereocenters. The second-order valence-electron chi connectivity index (χ2n) is 16.1. The first-order chi connectivity index (χ1) is 29.0. The van der Waals surface area contributed by atoms with Crippen LogP contribution >= 0.6 is 0 Å². The molecule has 0 radical (unpaired) electrons. The van der Waals surface area contributed by atoms with Crippen molar-refractivity contribution in [3.63, 3.8) is 0 Å². The molecular weight excluding hydrogens is 713 g/mol. The molecular formula is C57H40N2. The van der Waals surface area contributed by atoms with Crippen molar-refractivity contribution in [3.8, 4) is 78.4 Å². The monoisotopic (exact) mass is 752 g/mol. The van der Waals surface area contributed by atoms with Crippen LogP contribution in [0.15, 0.2) is 206 Å². The molecule has 10 aromatic rings. The van der Waals surface area contributed by atoms with E-state index in [2.05, 4.69) is 214 Å². The highest BCUT2D eigenvalue weighted by molar-refractivity contribution is 6.08. The third-order valence-corrected chi connectivity index (χ3v) is 12.3. The Morgan fingerprint density at radius 3 is 1.61 bits per heavy atom. The van der Waals surface area contributed by atoms with Gasteiger partial charge in [0.1, 0.15) is 0 Å². The lowest BCUT2D eigenvalue weighted by atomic mass is 9.81. The van der Waals surface area contributed by atoms with Crippen LogP contribution in [0.1, 0.15) is 25.0 Å². The Balaban J connectivity index is 1.05. The summed E-state index contributed by atoms with van der Waals surface area (Å²) in [5, 5.41) is 4.87. The molecule has 1 aliphatic rings. The van der Waals surface area contributed by atoms with Crippen molar-refractivity contribution in [2.24, 2.45) is 0 Å². The van der Waals surface area contributed by atoms with Gasteiger partial charge in [-0.1, -0.05) is 196 Å². The number of aromatic nitrogens is 2. The minimum Gasteiger partial charge on any atom is -0.228 e. The maximum atomic E-state index is 5.31. The highest BCUT2D eigenvalue weighted by Gasteiger charge is 2.37. The Labute approximate surface area is 345 Å². The van der Waals surface area contributed by atoms with Crippen molar-refractivity contribution in [3.05, 3.63) is 217 Å². The minimum atomic E-state index is -0.0984. The molecule has 0 fully saturated rings. The topological polar surface area (TPSA) is 25.8 Å².